The van der Waals surface area contributed by atoms with Crippen molar-refractivity contribution in [1.29, 1.82) is 0 Å². The second-order valence-corrected chi connectivity index (χ2v) is 5.12. The molecule has 1 aliphatic rings. The summed E-state index contributed by atoms with van der Waals surface area (Å²) < 4.78 is 61.4. The molecular formula is C7H14F3N3O2S. The van der Waals surface area contributed by atoms with Gasteiger partial charge in [-0.25, -0.2) is 18.3 Å². The number of alkyl halides is 3. The third-order valence-corrected chi connectivity index (χ3v) is 3.94. The van der Waals surface area contributed by atoms with Gasteiger partial charge in [0.15, 0.2) is 0 Å². The fourth-order valence-corrected chi connectivity index (χ4v) is 2.94. The van der Waals surface area contributed by atoms with E-state index in [9.17, 15) is 21.6 Å². The van der Waals surface area contributed by atoms with Crippen LogP contribution in [-0.2, 0) is 10.2 Å². The van der Waals surface area contributed by atoms with Crippen LogP contribution in [0.25, 0.3) is 0 Å². The number of piperazine rings is 1. The van der Waals surface area contributed by atoms with Gasteiger partial charge in [0.25, 0.3) is 10.2 Å². The molecule has 96 valence electrons. The Bertz CT molecular complexity index is 334. The molecule has 0 aliphatic carbocycles. The van der Waals surface area contributed by atoms with Gasteiger partial charge in [-0.05, 0) is 0 Å². The predicted octanol–water partition coefficient (Wildman–Crippen LogP) is -0.889. The van der Waals surface area contributed by atoms with Gasteiger partial charge in [-0.1, -0.05) is 0 Å². The van der Waals surface area contributed by atoms with Crippen LogP contribution in [0.15, 0.2) is 0 Å². The van der Waals surface area contributed by atoms with Gasteiger partial charge >= 0.3 is 0 Å². The second kappa shape index (κ2) is 4.86. The van der Waals surface area contributed by atoms with Crippen LogP contribution < -0.4 is 10.5 Å². The van der Waals surface area contributed by atoms with E-state index in [1.807, 2.05) is 0 Å². The van der Waals surface area contributed by atoms with E-state index in [0.29, 0.717) is 4.31 Å². The van der Waals surface area contributed by atoms with E-state index >= 15 is 0 Å². The molecule has 5 nitrogen and oxygen atoms in total. The van der Waals surface area contributed by atoms with Crippen LogP contribution in [-0.4, -0.2) is 57.4 Å². The maximum absolute atomic E-state index is 12.9. The van der Waals surface area contributed by atoms with Crippen molar-refractivity contribution in [1.82, 2.24) is 9.62 Å². The van der Waals surface area contributed by atoms with Crippen molar-refractivity contribution < 1.29 is 21.6 Å². The molecule has 1 unspecified atom stereocenters. The molecule has 1 heterocycles. The molecule has 9 heteroatoms. The first-order chi connectivity index (χ1) is 7.42. The molecule has 0 aromatic heterocycles. The van der Waals surface area contributed by atoms with Crippen LogP contribution in [0.4, 0.5) is 13.2 Å². The van der Waals surface area contributed by atoms with E-state index in [-0.39, 0.29) is 13.1 Å². The third-order valence-electron chi connectivity index (χ3n) is 2.78. The molecule has 0 aromatic carbocycles. The molecule has 1 fully saturated rings. The topological polar surface area (TPSA) is 75.4 Å². The third kappa shape index (κ3) is 2.17. The van der Waals surface area contributed by atoms with Crippen molar-refractivity contribution in [3.63, 3.8) is 0 Å². The highest BCUT2D eigenvalue weighted by Crippen LogP contribution is 2.27. The number of hydrogen-bond acceptors (Lipinski definition) is 3. The number of halogens is 3. The first-order valence-electron chi connectivity index (χ1n) is 4.64. The summed E-state index contributed by atoms with van der Waals surface area (Å²) in [6, 6.07) is -1.23. The maximum Gasteiger partial charge on any atom is 0.277 e. The van der Waals surface area contributed by atoms with Gasteiger partial charge in [0.1, 0.15) is 25.6 Å². The van der Waals surface area contributed by atoms with Gasteiger partial charge in [0.2, 0.25) is 0 Å². The molecule has 3 N–H and O–H groups in total. The van der Waals surface area contributed by atoms with E-state index in [2.05, 4.69) is 5.32 Å². The minimum absolute atomic E-state index is 0.104. The van der Waals surface area contributed by atoms with Gasteiger partial charge < -0.3 is 5.32 Å². The predicted molar refractivity (Wildman–Crippen MR) is 52.3 cm³/mol. The fraction of sp³-hybridized carbons (Fsp3) is 1.00. The highest BCUT2D eigenvalue weighted by atomic mass is 32.2. The van der Waals surface area contributed by atoms with Gasteiger partial charge in [0, 0.05) is 13.1 Å². The molecule has 0 radical (unpaired) electrons. The van der Waals surface area contributed by atoms with E-state index in [1.54, 1.807) is 0 Å². The van der Waals surface area contributed by atoms with Gasteiger partial charge in [-0.2, -0.15) is 12.7 Å². The summed E-state index contributed by atoms with van der Waals surface area (Å²) in [7, 11) is -4.25. The van der Waals surface area contributed by atoms with Crippen molar-refractivity contribution in [2.75, 3.05) is 33.1 Å². The zero-order chi connectivity index (χ0) is 12.4. The molecule has 0 bridgehead atoms. The lowest BCUT2D eigenvalue weighted by atomic mass is 9.91. The Kier molecular flexibility index (Phi) is 4.16. The molecule has 16 heavy (non-hydrogen) atoms. The number of nitrogens with one attached hydrogen (secondary N) is 1. The Morgan fingerprint density at radius 2 is 1.94 bits per heavy atom. The quantitative estimate of drug-likeness (QED) is 0.689. The SMILES string of the molecule is NS(=O)(=O)N1CCNC(CF)C1(CF)CF. The van der Waals surface area contributed by atoms with Gasteiger partial charge in [0.05, 0.1) is 6.04 Å². The van der Waals surface area contributed by atoms with Crippen molar-refractivity contribution in [3.8, 4) is 0 Å². The highest BCUT2D eigenvalue weighted by Gasteiger charge is 2.51. The highest BCUT2D eigenvalue weighted by molar-refractivity contribution is 7.86. The molecule has 1 saturated heterocycles. The summed E-state index contributed by atoms with van der Waals surface area (Å²) in [5.74, 6) is 0. The van der Waals surface area contributed by atoms with E-state index in [0.717, 1.165) is 0 Å². The van der Waals surface area contributed by atoms with Crippen LogP contribution in [0, 0.1) is 0 Å². The van der Waals surface area contributed by atoms with Crippen molar-refractivity contribution >= 4 is 10.2 Å². The average molecular weight is 261 g/mol. The minimum Gasteiger partial charge on any atom is -0.308 e. The molecule has 0 saturated carbocycles. The summed E-state index contributed by atoms with van der Waals surface area (Å²) in [6.45, 7) is -3.81. The lowest BCUT2D eigenvalue weighted by Gasteiger charge is -2.46. The van der Waals surface area contributed by atoms with Crippen molar-refractivity contribution in [3.05, 3.63) is 0 Å². The molecule has 0 spiro atoms. The largest absolute Gasteiger partial charge is 0.308 e. The monoisotopic (exact) mass is 261 g/mol. The van der Waals surface area contributed by atoms with Crippen LogP contribution in [0.1, 0.15) is 0 Å². The Morgan fingerprint density at radius 1 is 1.38 bits per heavy atom. The van der Waals surface area contributed by atoms with E-state index < -0.39 is 41.8 Å². The van der Waals surface area contributed by atoms with Crippen LogP contribution in [0.3, 0.4) is 0 Å². The van der Waals surface area contributed by atoms with Gasteiger partial charge in [-0.3, -0.25) is 0 Å². The van der Waals surface area contributed by atoms with Crippen LogP contribution in [0.5, 0.6) is 0 Å². The molecule has 1 rings (SSSR count). The number of nitrogens with zero attached hydrogens (tertiary/aromatic N) is 1. The Hall–Kier alpha value is -0.380. The van der Waals surface area contributed by atoms with Crippen molar-refractivity contribution in [2.45, 2.75) is 11.6 Å². The first kappa shape index (κ1) is 13.7. The van der Waals surface area contributed by atoms with E-state index in [4.69, 9.17) is 5.14 Å². The standard InChI is InChI=1S/C7H14F3N3O2S/c8-3-6-7(4-9,5-10)13(2-1-12-6)16(11,14)15/h6,12H,1-5H2,(H2,11,14,15). The second-order valence-electron chi connectivity index (χ2n) is 3.65. The molecule has 0 aromatic rings. The lowest BCUT2D eigenvalue weighted by molar-refractivity contribution is 0.0318. The summed E-state index contributed by atoms with van der Waals surface area (Å²) in [5, 5.41) is 7.42. The minimum atomic E-state index is -4.25. The first-order valence-corrected chi connectivity index (χ1v) is 6.14. The smallest absolute Gasteiger partial charge is 0.277 e. The lowest BCUT2D eigenvalue weighted by Crippen LogP contribution is -2.72. The molecular weight excluding hydrogens is 247 g/mol. The van der Waals surface area contributed by atoms with Crippen molar-refractivity contribution in [2.24, 2.45) is 5.14 Å². The van der Waals surface area contributed by atoms with Gasteiger partial charge in [-0.15, -0.1) is 0 Å². The fourth-order valence-electron chi connectivity index (χ4n) is 1.86. The zero-order valence-electron chi connectivity index (χ0n) is 8.50. The number of hydrogen-bond donors (Lipinski definition) is 2. The molecule has 1 atom stereocenters. The van der Waals surface area contributed by atoms with E-state index in [1.165, 1.54) is 0 Å². The molecule has 0 amide bonds. The summed E-state index contributed by atoms with van der Waals surface area (Å²) in [6.07, 6.45) is 0. The maximum atomic E-state index is 12.9. The number of rotatable bonds is 4. The summed E-state index contributed by atoms with van der Waals surface area (Å²) in [4.78, 5) is 0. The molecule has 1 aliphatic heterocycles. The summed E-state index contributed by atoms with van der Waals surface area (Å²) >= 11 is 0. The Labute approximate surface area is 92.0 Å². The average Bonchev–Trinajstić information content (AvgIpc) is 2.26. The normalized spacial score (nSPS) is 26.9. The van der Waals surface area contributed by atoms with Crippen LogP contribution in [0.2, 0.25) is 0 Å². The summed E-state index contributed by atoms with van der Waals surface area (Å²) in [5.41, 5.74) is -2.07. The Balaban J connectivity index is 3.15. The Morgan fingerprint density at radius 3 is 2.31 bits per heavy atom. The van der Waals surface area contributed by atoms with Crippen LogP contribution >= 0.6 is 0 Å². The number of nitrogens with two attached hydrogens (primary N) is 1. The zero-order valence-corrected chi connectivity index (χ0v) is 9.31.